The van der Waals surface area contributed by atoms with Gasteiger partial charge in [0.05, 0.1) is 5.69 Å². The molecule has 0 aromatic carbocycles. The predicted molar refractivity (Wildman–Crippen MR) is 100 cm³/mol. The van der Waals surface area contributed by atoms with E-state index in [0.717, 1.165) is 39.4 Å². The number of rotatable bonds is 6. The number of carbonyl (C=O) groups excluding carboxylic acids is 1. The lowest BCUT2D eigenvalue weighted by Crippen LogP contribution is -2.30. The van der Waals surface area contributed by atoms with Crippen LogP contribution in [-0.2, 0) is 10.5 Å². The number of thioether (sulfide) groups is 1. The molecule has 0 radical (unpaired) electrons. The molecule has 0 aliphatic heterocycles. The van der Waals surface area contributed by atoms with Crippen molar-refractivity contribution in [2.24, 2.45) is 0 Å². The molecule has 1 saturated carbocycles. The predicted octanol–water partition coefficient (Wildman–Crippen LogP) is 4.37. The van der Waals surface area contributed by atoms with Crippen molar-refractivity contribution in [3.8, 4) is 10.8 Å². The lowest BCUT2D eigenvalue weighted by atomic mass is 10.4. The topological polar surface area (TPSA) is 72.1 Å². The van der Waals surface area contributed by atoms with Gasteiger partial charge >= 0.3 is 0 Å². The van der Waals surface area contributed by atoms with Gasteiger partial charge in [0.2, 0.25) is 11.0 Å². The third-order valence-electron chi connectivity index (χ3n) is 3.70. The molecule has 0 spiro atoms. The van der Waals surface area contributed by atoms with Crippen molar-refractivity contribution >= 4 is 45.5 Å². The standard InChI is InChI=1S/C16H16N4O2S3/c1-9-3-6-13(22-9)14-17-11(7-23-14)8-24-16-19-18-15(25-16)20(10(2)21)12-4-5-12/h3,6-7,12H,4-5,8H2,1-2H3. The summed E-state index contributed by atoms with van der Waals surface area (Å²) in [5.74, 6) is 2.44. The van der Waals surface area contributed by atoms with E-state index in [4.69, 9.17) is 4.42 Å². The molecule has 130 valence electrons. The molecule has 0 saturated heterocycles. The van der Waals surface area contributed by atoms with Crippen LogP contribution in [0.25, 0.3) is 10.8 Å². The van der Waals surface area contributed by atoms with Crippen LogP contribution in [0.3, 0.4) is 0 Å². The molecule has 1 aliphatic rings. The molecule has 0 N–H and O–H groups in total. The van der Waals surface area contributed by atoms with E-state index in [1.807, 2.05) is 24.4 Å². The molecule has 0 bridgehead atoms. The van der Waals surface area contributed by atoms with Crippen molar-refractivity contribution in [2.45, 2.75) is 42.8 Å². The van der Waals surface area contributed by atoms with Crippen LogP contribution in [-0.4, -0.2) is 27.1 Å². The zero-order chi connectivity index (χ0) is 17.4. The monoisotopic (exact) mass is 392 g/mol. The third kappa shape index (κ3) is 3.78. The fraction of sp³-hybridized carbons (Fsp3) is 0.375. The van der Waals surface area contributed by atoms with Gasteiger partial charge in [-0.1, -0.05) is 23.1 Å². The summed E-state index contributed by atoms with van der Waals surface area (Å²) in [6.07, 6.45) is 2.10. The molecule has 1 aliphatic carbocycles. The van der Waals surface area contributed by atoms with Gasteiger partial charge in [0.25, 0.3) is 0 Å². The maximum atomic E-state index is 11.8. The van der Waals surface area contributed by atoms with Crippen LogP contribution in [0.5, 0.6) is 0 Å². The van der Waals surface area contributed by atoms with Crippen LogP contribution in [0.2, 0.25) is 0 Å². The minimum Gasteiger partial charge on any atom is -0.459 e. The molecule has 9 heteroatoms. The lowest BCUT2D eigenvalue weighted by Gasteiger charge is -2.15. The average Bonchev–Trinajstić information content (AvgIpc) is 2.99. The van der Waals surface area contributed by atoms with Crippen LogP contribution < -0.4 is 4.90 Å². The molecular weight excluding hydrogens is 376 g/mol. The smallest absolute Gasteiger partial charge is 0.225 e. The first-order chi connectivity index (χ1) is 12.1. The minimum absolute atomic E-state index is 0.0353. The van der Waals surface area contributed by atoms with Gasteiger partial charge in [-0.2, -0.15) is 0 Å². The van der Waals surface area contributed by atoms with E-state index in [-0.39, 0.29) is 5.91 Å². The van der Waals surface area contributed by atoms with E-state index >= 15 is 0 Å². The first kappa shape index (κ1) is 16.7. The molecule has 1 amide bonds. The highest BCUT2D eigenvalue weighted by Gasteiger charge is 2.34. The molecule has 6 nitrogen and oxygen atoms in total. The highest BCUT2D eigenvalue weighted by molar-refractivity contribution is 8.00. The highest BCUT2D eigenvalue weighted by atomic mass is 32.2. The van der Waals surface area contributed by atoms with Crippen molar-refractivity contribution in [3.05, 3.63) is 29.0 Å². The van der Waals surface area contributed by atoms with Gasteiger partial charge in [-0.15, -0.1) is 21.5 Å². The van der Waals surface area contributed by atoms with Crippen LogP contribution in [0.1, 0.15) is 31.2 Å². The van der Waals surface area contributed by atoms with Gasteiger partial charge in [-0.25, -0.2) is 4.98 Å². The second kappa shape index (κ2) is 6.89. The molecule has 3 heterocycles. The van der Waals surface area contributed by atoms with Crippen LogP contribution in [0.4, 0.5) is 5.13 Å². The maximum Gasteiger partial charge on any atom is 0.225 e. The zero-order valence-electron chi connectivity index (χ0n) is 13.8. The number of aromatic nitrogens is 3. The summed E-state index contributed by atoms with van der Waals surface area (Å²) in [7, 11) is 0. The Kier molecular flexibility index (Phi) is 4.61. The summed E-state index contributed by atoms with van der Waals surface area (Å²) >= 11 is 4.63. The Morgan fingerprint density at radius 2 is 2.24 bits per heavy atom. The van der Waals surface area contributed by atoms with Crippen LogP contribution in [0.15, 0.2) is 26.3 Å². The van der Waals surface area contributed by atoms with E-state index in [2.05, 4.69) is 15.2 Å². The number of hydrogen-bond donors (Lipinski definition) is 0. The van der Waals surface area contributed by atoms with E-state index in [9.17, 15) is 4.79 Å². The second-order valence-electron chi connectivity index (χ2n) is 5.81. The van der Waals surface area contributed by atoms with Crippen molar-refractivity contribution in [1.82, 2.24) is 15.2 Å². The Bertz CT molecular complexity index is 897. The van der Waals surface area contributed by atoms with Crippen molar-refractivity contribution < 1.29 is 9.21 Å². The minimum atomic E-state index is 0.0353. The van der Waals surface area contributed by atoms with Gasteiger partial charge in [-0.3, -0.25) is 9.69 Å². The van der Waals surface area contributed by atoms with Crippen LogP contribution >= 0.6 is 34.4 Å². The van der Waals surface area contributed by atoms with Gasteiger partial charge in [-0.05, 0) is 31.9 Å². The van der Waals surface area contributed by atoms with Gasteiger partial charge in [0, 0.05) is 24.1 Å². The first-order valence-corrected chi connectivity index (χ1v) is 10.6. The fourth-order valence-corrected chi connectivity index (χ4v) is 5.14. The van der Waals surface area contributed by atoms with Gasteiger partial charge in [0.1, 0.15) is 5.76 Å². The summed E-state index contributed by atoms with van der Waals surface area (Å²) in [6, 6.07) is 4.19. The quantitative estimate of drug-likeness (QED) is 0.458. The van der Waals surface area contributed by atoms with Crippen molar-refractivity contribution in [3.63, 3.8) is 0 Å². The number of hydrogen-bond acceptors (Lipinski definition) is 8. The number of aryl methyl sites for hydroxylation is 1. The number of nitrogens with zero attached hydrogens (tertiary/aromatic N) is 4. The Balaban J connectivity index is 1.40. The molecule has 3 aromatic heterocycles. The van der Waals surface area contributed by atoms with Crippen molar-refractivity contribution in [2.75, 3.05) is 4.90 Å². The van der Waals surface area contributed by atoms with E-state index in [1.54, 1.807) is 34.9 Å². The number of furan rings is 1. The lowest BCUT2D eigenvalue weighted by molar-refractivity contribution is -0.116. The van der Waals surface area contributed by atoms with E-state index in [1.165, 1.54) is 11.3 Å². The number of thiazole rings is 1. The Morgan fingerprint density at radius 1 is 1.40 bits per heavy atom. The summed E-state index contributed by atoms with van der Waals surface area (Å²) in [5, 5.41) is 12.0. The number of anilines is 1. The first-order valence-electron chi connectivity index (χ1n) is 7.87. The summed E-state index contributed by atoms with van der Waals surface area (Å²) in [5.41, 5.74) is 0.987. The SMILES string of the molecule is CC(=O)N(c1nnc(SCc2csc(-c3ccc(C)o3)n2)s1)C1CC1. The molecule has 4 rings (SSSR count). The fourth-order valence-electron chi connectivity index (χ4n) is 2.41. The van der Waals surface area contributed by atoms with Crippen molar-refractivity contribution in [1.29, 1.82) is 0 Å². The summed E-state index contributed by atoms with van der Waals surface area (Å²) in [4.78, 5) is 18.2. The maximum absolute atomic E-state index is 11.8. The molecule has 1 fully saturated rings. The third-order valence-corrected chi connectivity index (χ3v) is 6.69. The Labute approximate surface area is 157 Å². The molecule has 0 unspecified atom stereocenters. The van der Waals surface area contributed by atoms with Crippen LogP contribution in [0, 0.1) is 6.92 Å². The molecule has 3 aromatic rings. The van der Waals surface area contributed by atoms with Gasteiger partial charge < -0.3 is 4.42 Å². The highest BCUT2D eigenvalue weighted by Crippen LogP contribution is 2.36. The molecular formula is C16H16N4O2S3. The van der Waals surface area contributed by atoms with E-state index in [0.29, 0.717) is 16.9 Å². The summed E-state index contributed by atoms with van der Waals surface area (Å²) in [6.45, 7) is 3.51. The normalized spacial score (nSPS) is 14.0. The summed E-state index contributed by atoms with van der Waals surface area (Å²) < 4.78 is 6.46. The number of amides is 1. The average molecular weight is 393 g/mol. The van der Waals surface area contributed by atoms with E-state index < -0.39 is 0 Å². The molecule has 0 atom stereocenters. The zero-order valence-corrected chi connectivity index (χ0v) is 16.2. The largest absolute Gasteiger partial charge is 0.459 e. The molecule has 25 heavy (non-hydrogen) atoms. The van der Waals surface area contributed by atoms with Gasteiger partial charge in [0.15, 0.2) is 15.1 Å². The second-order valence-corrected chi connectivity index (χ2v) is 8.85. The Morgan fingerprint density at radius 3 is 2.92 bits per heavy atom. The Hall–Kier alpha value is -1.71. The number of carbonyl (C=O) groups is 1.